The van der Waals surface area contributed by atoms with E-state index in [2.05, 4.69) is 0 Å². The first-order valence-electron chi connectivity index (χ1n) is 9.62. The highest BCUT2D eigenvalue weighted by Gasteiger charge is 2.34. The Morgan fingerprint density at radius 1 is 1.11 bits per heavy atom. The molecular formula is C20H25N3O4. The van der Waals surface area contributed by atoms with Crippen molar-refractivity contribution in [2.24, 2.45) is 5.92 Å². The second-order valence-corrected chi connectivity index (χ2v) is 7.55. The standard InChI is InChI=1S/C20H25N3O4/c1-21-16-11-14(3-6-17(16)27-13-19(21)25)12-18(24)22-7-2-8-23(10-9-22)20(26)15-4-5-15/h3,6,11,15H,2,4-5,7-10,12-13H2,1H3. The zero-order valence-electron chi connectivity index (χ0n) is 15.6. The largest absolute Gasteiger partial charge is 0.482 e. The minimum Gasteiger partial charge on any atom is -0.482 e. The number of anilines is 1. The van der Waals surface area contributed by atoms with Crippen molar-refractivity contribution in [2.45, 2.75) is 25.7 Å². The number of carbonyl (C=O) groups excluding carboxylic acids is 3. The van der Waals surface area contributed by atoms with Gasteiger partial charge < -0.3 is 19.4 Å². The van der Waals surface area contributed by atoms with E-state index in [1.165, 1.54) is 0 Å². The zero-order chi connectivity index (χ0) is 19.0. The molecule has 0 radical (unpaired) electrons. The van der Waals surface area contributed by atoms with Gasteiger partial charge in [-0.05, 0) is 37.0 Å². The molecule has 1 saturated heterocycles. The predicted molar refractivity (Wildman–Crippen MR) is 99.6 cm³/mol. The number of nitrogens with zero attached hydrogens (tertiary/aromatic N) is 3. The van der Waals surface area contributed by atoms with E-state index >= 15 is 0 Å². The van der Waals surface area contributed by atoms with Crippen LogP contribution >= 0.6 is 0 Å². The molecule has 0 unspecified atom stereocenters. The predicted octanol–water partition coefficient (Wildman–Crippen LogP) is 1.06. The second kappa shape index (κ2) is 7.21. The minimum absolute atomic E-state index is 0.0473. The molecule has 1 saturated carbocycles. The van der Waals surface area contributed by atoms with E-state index in [0.717, 1.165) is 31.4 Å². The average Bonchev–Trinajstić information content (AvgIpc) is 3.51. The Bertz CT molecular complexity index is 774. The minimum atomic E-state index is -0.0982. The summed E-state index contributed by atoms with van der Waals surface area (Å²) >= 11 is 0. The number of amides is 3. The van der Waals surface area contributed by atoms with Crippen molar-refractivity contribution in [3.63, 3.8) is 0 Å². The summed E-state index contributed by atoms with van der Waals surface area (Å²) in [5.41, 5.74) is 1.56. The average molecular weight is 371 g/mol. The SMILES string of the molecule is CN1C(=O)COc2ccc(CC(=O)N3CCCN(C(=O)C4CC4)CC3)cc21. The molecule has 3 aliphatic rings. The smallest absolute Gasteiger partial charge is 0.264 e. The van der Waals surface area contributed by atoms with Crippen molar-refractivity contribution < 1.29 is 19.1 Å². The fourth-order valence-electron chi connectivity index (χ4n) is 3.69. The molecule has 2 fully saturated rings. The maximum Gasteiger partial charge on any atom is 0.264 e. The molecule has 4 rings (SSSR count). The van der Waals surface area contributed by atoms with Crippen LogP contribution in [0.1, 0.15) is 24.8 Å². The number of hydrogen-bond donors (Lipinski definition) is 0. The summed E-state index contributed by atoms with van der Waals surface area (Å²) in [6, 6.07) is 5.55. The molecule has 7 nitrogen and oxygen atoms in total. The summed E-state index contributed by atoms with van der Waals surface area (Å²) in [5, 5.41) is 0. The lowest BCUT2D eigenvalue weighted by atomic mass is 10.1. The number of hydrogen-bond acceptors (Lipinski definition) is 4. The van der Waals surface area contributed by atoms with Crippen molar-refractivity contribution >= 4 is 23.4 Å². The van der Waals surface area contributed by atoms with Crippen molar-refractivity contribution in [1.29, 1.82) is 0 Å². The number of benzene rings is 1. The molecule has 2 heterocycles. The Morgan fingerprint density at radius 2 is 1.85 bits per heavy atom. The van der Waals surface area contributed by atoms with Crippen LogP contribution in [0, 0.1) is 5.92 Å². The normalized spacial score (nSPS) is 20.0. The fourth-order valence-corrected chi connectivity index (χ4v) is 3.69. The molecule has 3 amide bonds. The van der Waals surface area contributed by atoms with Gasteiger partial charge in [-0.1, -0.05) is 6.07 Å². The molecule has 1 aromatic carbocycles. The fraction of sp³-hybridized carbons (Fsp3) is 0.550. The van der Waals surface area contributed by atoms with Crippen molar-refractivity contribution in [2.75, 3.05) is 44.7 Å². The van der Waals surface area contributed by atoms with Gasteiger partial charge in [-0.25, -0.2) is 0 Å². The Balaban J connectivity index is 1.39. The van der Waals surface area contributed by atoms with Crippen LogP contribution in [0.25, 0.3) is 0 Å². The third kappa shape index (κ3) is 3.77. The van der Waals surface area contributed by atoms with Crippen molar-refractivity contribution in [3.05, 3.63) is 23.8 Å². The highest BCUT2D eigenvalue weighted by atomic mass is 16.5. The van der Waals surface area contributed by atoms with Gasteiger partial charge in [0.1, 0.15) is 5.75 Å². The van der Waals surface area contributed by atoms with Crippen LogP contribution < -0.4 is 9.64 Å². The van der Waals surface area contributed by atoms with Gasteiger partial charge in [0.05, 0.1) is 12.1 Å². The third-order valence-electron chi connectivity index (χ3n) is 5.55. The molecule has 0 N–H and O–H groups in total. The van der Waals surface area contributed by atoms with Crippen molar-refractivity contribution in [3.8, 4) is 5.75 Å². The van der Waals surface area contributed by atoms with E-state index in [4.69, 9.17) is 4.74 Å². The van der Waals surface area contributed by atoms with Crippen LogP contribution in [-0.2, 0) is 20.8 Å². The number of fused-ring (bicyclic) bond motifs is 1. The van der Waals surface area contributed by atoms with Crippen LogP contribution in [0.5, 0.6) is 5.75 Å². The molecule has 0 bridgehead atoms. The lowest BCUT2D eigenvalue weighted by Gasteiger charge is -2.26. The Morgan fingerprint density at radius 3 is 2.63 bits per heavy atom. The quantitative estimate of drug-likeness (QED) is 0.797. The van der Waals surface area contributed by atoms with Gasteiger partial charge in [-0.15, -0.1) is 0 Å². The third-order valence-corrected chi connectivity index (χ3v) is 5.55. The molecule has 2 aliphatic heterocycles. The van der Waals surface area contributed by atoms with Crippen LogP contribution in [0.4, 0.5) is 5.69 Å². The summed E-state index contributed by atoms with van der Waals surface area (Å²) in [6.07, 6.45) is 3.12. The Labute approximate surface area is 158 Å². The van der Waals surface area contributed by atoms with E-state index in [9.17, 15) is 14.4 Å². The summed E-state index contributed by atoms with van der Waals surface area (Å²) in [5.74, 6) is 1.11. The number of rotatable bonds is 3. The molecule has 27 heavy (non-hydrogen) atoms. The van der Waals surface area contributed by atoms with E-state index in [-0.39, 0.29) is 36.7 Å². The lowest BCUT2D eigenvalue weighted by Crippen LogP contribution is -2.38. The summed E-state index contributed by atoms with van der Waals surface area (Å²) in [7, 11) is 1.72. The first-order valence-corrected chi connectivity index (χ1v) is 9.62. The van der Waals surface area contributed by atoms with Gasteiger partial charge in [0.25, 0.3) is 5.91 Å². The van der Waals surface area contributed by atoms with Gasteiger partial charge in [-0.2, -0.15) is 0 Å². The monoisotopic (exact) mass is 371 g/mol. The molecule has 0 atom stereocenters. The number of ether oxygens (including phenoxy) is 1. The maximum atomic E-state index is 12.8. The molecular weight excluding hydrogens is 346 g/mol. The van der Waals surface area contributed by atoms with Gasteiger partial charge in [0, 0.05) is 39.1 Å². The van der Waals surface area contributed by atoms with E-state index in [1.807, 2.05) is 28.0 Å². The van der Waals surface area contributed by atoms with E-state index in [1.54, 1.807) is 11.9 Å². The molecule has 144 valence electrons. The van der Waals surface area contributed by atoms with Crippen LogP contribution in [0.15, 0.2) is 18.2 Å². The Hall–Kier alpha value is -2.57. The second-order valence-electron chi connectivity index (χ2n) is 7.55. The number of carbonyl (C=O) groups is 3. The first-order chi connectivity index (χ1) is 13.0. The molecule has 0 spiro atoms. The lowest BCUT2D eigenvalue weighted by molar-refractivity contribution is -0.134. The van der Waals surface area contributed by atoms with Gasteiger partial charge in [0.2, 0.25) is 11.8 Å². The molecule has 1 aliphatic carbocycles. The highest BCUT2D eigenvalue weighted by molar-refractivity contribution is 5.97. The van der Waals surface area contributed by atoms with Gasteiger partial charge >= 0.3 is 0 Å². The van der Waals surface area contributed by atoms with Crippen LogP contribution in [0.3, 0.4) is 0 Å². The topological polar surface area (TPSA) is 70.2 Å². The zero-order valence-corrected chi connectivity index (χ0v) is 15.6. The maximum absolute atomic E-state index is 12.8. The summed E-state index contributed by atoms with van der Waals surface area (Å²) in [6.45, 7) is 2.67. The van der Waals surface area contributed by atoms with E-state index < -0.39 is 0 Å². The van der Waals surface area contributed by atoms with E-state index in [0.29, 0.717) is 31.1 Å². The first kappa shape index (κ1) is 17.8. The van der Waals surface area contributed by atoms with Gasteiger partial charge in [0.15, 0.2) is 6.61 Å². The molecule has 0 aromatic heterocycles. The summed E-state index contributed by atoms with van der Waals surface area (Å²) < 4.78 is 5.43. The van der Waals surface area contributed by atoms with Crippen LogP contribution in [0.2, 0.25) is 0 Å². The molecule has 7 heteroatoms. The molecule has 1 aromatic rings. The van der Waals surface area contributed by atoms with Crippen molar-refractivity contribution in [1.82, 2.24) is 9.80 Å². The number of likely N-dealkylation sites (N-methyl/N-ethyl adjacent to an activating group) is 1. The highest BCUT2D eigenvalue weighted by Crippen LogP contribution is 2.33. The van der Waals surface area contributed by atoms with Crippen LogP contribution in [-0.4, -0.2) is 67.4 Å². The van der Waals surface area contributed by atoms with Gasteiger partial charge in [-0.3, -0.25) is 14.4 Å². The summed E-state index contributed by atoms with van der Waals surface area (Å²) in [4.78, 5) is 42.2. The Kier molecular flexibility index (Phi) is 4.76.